The first-order valence-electron chi connectivity index (χ1n) is 5.44. The van der Waals surface area contributed by atoms with Crippen LogP contribution in [0.4, 0.5) is 5.69 Å². The van der Waals surface area contributed by atoms with Gasteiger partial charge in [0.25, 0.3) is 0 Å². The van der Waals surface area contributed by atoms with Crippen LogP contribution in [0.15, 0.2) is 33.3 Å². The van der Waals surface area contributed by atoms with Crippen LogP contribution >= 0.6 is 31.9 Å². The zero-order valence-corrected chi connectivity index (χ0v) is 13.5. The van der Waals surface area contributed by atoms with E-state index in [-0.39, 0.29) is 16.9 Å². The summed E-state index contributed by atoms with van der Waals surface area (Å²) in [6, 6.07) is 7.41. The number of methoxy groups -OCH3 is 1. The minimum Gasteiger partial charge on any atom is -0.464 e. The Labute approximate surface area is 132 Å². The predicted octanol–water partition coefficient (Wildman–Crippen LogP) is 3.24. The molecule has 2 rings (SSSR count). The van der Waals surface area contributed by atoms with Crippen LogP contribution in [0.5, 0.6) is 0 Å². The highest BCUT2D eigenvalue weighted by Gasteiger charge is 2.22. The third-order valence-corrected chi connectivity index (χ3v) is 3.84. The third kappa shape index (κ3) is 2.44. The lowest BCUT2D eigenvalue weighted by molar-refractivity contribution is 0.0593. The number of aromatic nitrogens is 1. The Morgan fingerprint density at radius 2 is 2.15 bits per heavy atom. The lowest BCUT2D eigenvalue weighted by Crippen LogP contribution is -2.11. The summed E-state index contributed by atoms with van der Waals surface area (Å²) in [5.74, 6) is -0.598. The fourth-order valence-corrected chi connectivity index (χ4v) is 3.02. The number of nitrogens with zero attached hydrogens (tertiary/aromatic N) is 2. The average molecular weight is 399 g/mol. The molecule has 2 aromatic rings. The molecule has 1 heterocycles. The number of nitrogen functional groups attached to an aromatic ring is 1. The number of halogens is 2. The van der Waals surface area contributed by atoms with Crippen molar-refractivity contribution in [2.45, 2.75) is 0 Å². The van der Waals surface area contributed by atoms with Gasteiger partial charge in [0.2, 0.25) is 0 Å². The summed E-state index contributed by atoms with van der Waals surface area (Å²) >= 11 is 6.77. The highest BCUT2D eigenvalue weighted by molar-refractivity contribution is 9.11. The van der Waals surface area contributed by atoms with Crippen molar-refractivity contribution in [2.75, 3.05) is 12.8 Å². The van der Waals surface area contributed by atoms with Gasteiger partial charge in [0, 0.05) is 15.1 Å². The molecular formula is C13H9Br2N3O2. The van der Waals surface area contributed by atoms with E-state index in [9.17, 15) is 4.79 Å². The normalized spacial score (nSPS) is 10.1. The Morgan fingerprint density at radius 1 is 1.45 bits per heavy atom. The molecule has 0 bridgehead atoms. The van der Waals surface area contributed by atoms with Crippen molar-refractivity contribution >= 4 is 43.5 Å². The number of carbonyl (C=O) groups excluding carboxylic acids is 1. The third-order valence-electron chi connectivity index (χ3n) is 2.71. The van der Waals surface area contributed by atoms with Crippen molar-refractivity contribution < 1.29 is 9.53 Å². The number of hydrogen-bond acceptors (Lipinski definition) is 4. The molecule has 0 fully saturated rings. The minimum atomic E-state index is -0.598. The van der Waals surface area contributed by atoms with Crippen molar-refractivity contribution in [3.05, 3.63) is 44.6 Å². The van der Waals surface area contributed by atoms with E-state index in [1.165, 1.54) is 17.9 Å². The standard InChI is InChI=1S/C13H9Br2N3O2/c1-20-13(19)12-11(17)7(5-16)6-18(12)10-3-2-8(14)4-9(10)15/h2-4,6H,17H2,1H3. The first-order valence-corrected chi connectivity index (χ1v) is 7.02. The molecule has 0 spiro atoms. The van der Waals surface area contributed by atoms with E-state index in [1.807, 2.05) is 18.2 Å². The van der Waals surface area contributed by atoms with Gasteiger partial charge in [-0.25, -0.2) is 4.79 Å². The Kier molecular flexibility index (Phi) is 4.16. The smallest absolute Gasteiger partial charge is 0.357 e. The van der Waals surface area contributed by atoms with Gasteiger partial charge in [-0.15, -0.1) is 0 Å². The molecule has 20 heavy (non-hydrogen) atoms. The van der Waals surface area contributed by atoms with Gasteiger partial charge in [0.1, 0.15) is 6.07 Å². The van der Waals surface area contributed by atoms with Crippen LogP contribution in [0.3, 0.4) is 0 Å². The number of nitrogens with two attached hydrogens (primary N) is 1. The van der Waals surface area contributed by atoms with Crippen molar-refractivity contribution in [1.82, 2.24) is 4.57 Å². The van der Waals surface area contributed by atoms with Crippen LogP contribution in [0.25, 0.3) is 5.69 Å². The molecule has 5 nitrogen and oxygen atoms in total. The summed E-state index contributed by atoms with van der Waals surface area (Å²) in [7, 11) is 1.27. The highest BCUT2D eigenvalue weighted by Crippen LogP contribution is 2.30. The van der Waals surface area contributed by atoms with Crippen molar-refractivity contribution in [3.8, 4) is 11.8 Å². The number of ether oxygens (including phenoxy) is 1. The predicted molar refractivity (Wildman–Crippen MR) is 81.6 cm³/mol. The van der Waals surface area contributed by atoms with E-state index in [0.717, 1.165) is 8.95 Å². The molecule has 0 radical (unpaired) electrons. The molecule has 1 aromatic heterocycles. The minimum absolute atomic E-state index is 0.106. The van der Waals surface area contributed by atoms with Crippen LogP contribution in [0, 0.1) is 11.3 Å². The zero-order chi connectivity index (χ0) is 14.9. The second kappa shape index (κ2) is 5.69. The lowest BCUT2D eigenvalue weighted by atomic mass is 10.2. The summed E-state index contributed by atoms with van der Waals surface area (Å²) in [6.45, 7) is 0. The van der Waals surface area contributed by atoms with Gasteiger partial charge in [-0.2, -0.15) is 5.26 Å². The second-order valence-electron chi connectivity index (χ2n) is 3.87. The SMILES string of the molecule is COC(=O)c1c(N)c(C#N)cn1-c1ccc(Br)cc1Br. The number of carbonyl (C=O) groups is 1. The Morgan fingerprint density at radius 3 is 2.70 bits per heavy atom. The molecular weight excluding hydrogens is 390 g/mol. The van der Waals surface area contributed by atoms with E-state index in [0.29, 0.717) is 5.69 Å². The molecule has 0 aliphatic rings. The van der Waals surface area contributed by atoms with Crippen LogP contribution in [0.1, 0.15) is 16.1 Å². The number of rotatable bonds is 2. The molecule has 0 atom stereocenters. The van der Waals surface area contributed by atoms with E-state index in [2.05, 4.69) is 31.9 Å². The molecule has 0 amide bonds. The summed E-state index contributed by atoms with van der Waals surface area (Å²) < 4.78 is 7.89. The van der Waals surface area contributed by atoms with Gasteiger partial charge in [-0.3, -0.25) is 0 Å². The fourth-order valence-electron chi connectivity index (χ4n) is 1.78. The molecule has 7 heteroatoms. The highest BCUT2D eigenvalue weighted by atomic mass is 79.9. The van der Waals surface area contributed by atoms with Crippen LogP contribution in [-0.2, 0) is 4.74 Å². The summed E-state index contributed by atoms with van der Waals surface area (Å²) in [5, 5.41) is 9.06. The molecule has 0 unspecified atom stereocenters. The largest absolute Gasteiger partial charge is 0.464 e. The van der Waals surface area contributed by atoms with Crippen LogP contribution in [-0.4, -0.2) is 17.6 Å². The monoisotopic (exact) mass is 397 g/mol. The Balaban J connectivity index is 2.74. The van der Waals surface area contributed by atoms with Gasteiger partial charge in [-0.1, -0.05) is 15.9 Å². The lowest BCUT2D eigenvalue weighted by Gasteiger charge is -2.10. The molecule has 0 saturated carbocycles. The Hall–Kier alpha value is -1.78. The first kappa shape index (κ1) is 14.6. The second-order valence-corrected chi connectivity index (χ2v) is 5.64. The van der Waals surface area contributed by atoms with Crippen LogP contribution < -0.4 is 5.73 Å². The Bertz CT molecular complexity index is 732. The number of nitriles is 1. The van der Waals surface area contributed by atoms with Crippen LogP contribution in [0.2, 0.25) is 0 Å². The number of esters is 1. The molecule has 102 valence electrons. The zero-order valence-electron chi connectivity index (χ0n) is 10.4. The summed E-state index contributed by atoms with van der Waals surface area (Å²) in [6.07, 6.45) is 1.51. The topological polar surface area (TPSA) is 81.0 Å². The van der Waals surface area contributed by atoms with Gasteiger partial charge >= 0.3 is 5.97 Å². The fraction of sp³-hybridized carbons (Fsp3) is 0.0769. The maximum absolute atomic E-state index is 11.9. The van der Waals surface area contributed by atoms with Crippen molar-refractivity contribution in [2.24, 2.45) is 0 Å². The quantitative estimate of drug-likeness (QED) is 0.787. The first-order chi connectivity index (χ1) is 9.49. The maximum atomic E-state index is 11.9. The molecule has 2 N–H and O–H groups in total. The summed E-state index contributed by atoms with van der Waals surface area (Å²) in [4.78, 5) is 11.9. The van der Waals surface area contributed by atoms with Gasteiger partial charge in [0.05, 0.1) is 24.0 Å². The number of hydrogen-bond donors (Lipinski definition) is 1. The molecule has 1 aromatic carbocycles. The molecule has 0 aliphatic carbocycles. The van der Waals surface area contributed by atoms with Gasteiger partial charge in [0.15, 0.2) is 5.69 Å². The van der Waals surface area contributed by atoms with Gasteiger partial charge in [-0.05, 0) is 34.1 Å². The summed E-state index contributed by atoms with van der Waals surface area (Å²) in [5.41, 5.74) is 6.98. The number of benzene rings is 1. The molecule has 0 aliphatic heterocycles. The van der Waals surface area contributed by atoms with Gasteiger partial charge < -0.3 is 15.0 Å². The van der Waals surface area contributed by atoms with E-state index < -0.39 is 5.97 Å². The number of anilines is 1. The van der Waals surface area contributed by atoms with Crippen molar-refractivity contribution in [3.63, 3.8) is 0 Å². The van der Waals surface area contributed by atoms with E-state index in [4.69, 9.17) is 15.7 Å². The average Bonchev–Trinajstić information content (AvgIpc) is 2.74. The molecule has 0 saturated heterocycles. The van der Waals surface area contributed by atoms with E-state index >= 15 is 0 Å². The maximum Gasteiger partial charge on any atom is 0.357 e. The van der Waals surface area contributed by atoms with E-state index in [1.54, 1.807) is 6.07 Å². The van der Waals surface area contributed by atoms with Crippen molar-refractivity contribution in [1.29, 1.82) is 5.26 Å².